The zero-order chi connectivity index (χ0) is 21.5. The summed E-state index contributed by atoms with van der Waals surface area (Å²) in [6, 6.07) is 23.0. The molecule has 3 aromatic rings. The van der Waals surface area contributed by atoms with Crippen molar-refractivity contribution >= 4 is 0 Å². The lowest BCUT2D eigenvalue weighted by Gasteiger charge is -2.20. The van der Waals surface area contributed by atoms with Crippen molar-refractivity contribution in [2.24, 2.45) is 0 Å². The van der Waals surface area contributed by atoms with Crippen LogP contribution < -0.4 is 23.8 Å². The number of nitrogens with one attached hydrogen (secondary N) is 1. The third-order valence-electron chi connectivity index (χ3n) is 5.48. The van der Waals surface area contributed by atoms with Crippen LogP contribution in [0.2, 0.25) is 0 Å². The Bertz CT molecular complexity index is 987. The lowest BCUT2D eigenvalue weighted by Crippen LogP contribution is -3.09. The summed E-state index contributed by atoms with van der Waals surface area (Å²) in [4.78, 5) is 1.48. The number of fused-ring (bicyclic) bond motifs is 1. The molecule has 4 rings (SSSR count). The summed E-state index contributed by atoms with van der Waals surface area (Å²) in [5, 5.41) is 0. The van der Waals surface area contributed by atoms with Crippen molar-refractivity contribution in [3.63, 3.8) is 0 Å². The molecule has 3 aromatic carbocycles. The van der Waals surface area contributed by atoms with Gasteiger partial charge in [-0.25, -0.2) is 0 Å². The summed E-state index contributed by atoms with van der Waals surface area (Å²) in [6.07, 6.45) is 0.965. The Morgan fingerprint density at radius 2 is 1.58 bits per heavy atom. The van der Waals surface area contributed by atoms with Crippen LogP contribution in [0.25, 0.3) is 0 Å². The highest BCUT2D eigenvalue weighted by molar-refractivity contribution is 5.44. The summed E-state index contributed by atoms with van der Waals surface area (Å²) in [6.45, 7) is 5.86. The largest absolute Gasteiger partial charge is 0.497 e. The predicted molar refractivity (Wildman–Crippen MR) is 120 cm³/mol. The quantitative estimate of drug-likeness (QED) is 0.544. The molecule has 1 heterocycles. The first-order chi connectivity index (χ1) is 15.2. The Kier molecular flexibility index (Phi) is 6.95. The second-order valence-electron chi connectivity index (χ2n) is 7.72. The predicted octanol–water partition coefficient (Wildman–Crippen LogP) is 3.65. The Labute approximate surface area is 184 Å². The van der Waals surface area contributed by atoms with Gasteiger partial charge in [0.2, 0.25) is 6.79 Å². The van der Waals surface area contributed by atoms with Crippen molar-refractivity contribution in [2.75, 3.05) is 27.1 Å². The van der Waals surface area contributed by atoms with Gasteiger partial charge in [-0.15, -0.1) is 0 Å². The molecule has 0 aliphatic carbocycles. The first kappa shape index (κ1) is 21.1. The van der Waals surface area contributed by atoms with Crippen molar-refractivity contribution in [1.82, 2.24) is 0 Å². The van der Waals surface area contributed by atoms with Gasteiger partial charge in [-0.2, -0.15) is 0 Å². The number of hydrogen-bond donors (Lipinski definition) is 1. The minimum absolute atomic E-state index is 0.309. The zero-order valence-electron chi connectivity index (χ0n) is 18.2. The number of benzene rings is 3. The fourth-order valence-electron chi connectivity index (χ4n) is 3.89. The minimum Gasteiger partial charge on any atom is -0.497 e. The normalized spacial score (nSPS) is 13.1. The maximum absolute atomic E-state index is 5.59. The number of ether oxygens (including phenoxy) is 4. The lowest BCUT2D eigenvalue weighted by molar-refractivity contribution is -0.927. The second-order valence-corrected chi connectivity index (χ2v) is 7.72. The molecule has 0 amide bonds. The van der Waals surface area contributed by atoms with Crippen molar-refractivity contribution in [2.45, 2.75) is 26.4 Å². The van der Waals surface area contributed by atoms with Gasteiger partial charge in [0.25, 0.3) is 0 Å². The van der Waals surface area contributed by atoms with Crippen LogP contribution in [-0.2, 0) is 19.5 Å². The van der Waals surface area contributed by atoms with Gasteiger partial charge in [0, 0.05) is 17.5 Å². The maximum atomic E-state index is 5.59. The van der Waals surface area contributed by atoms with Gasteiger partial charge >= 0.3 is 0 Å². The zero-order valence-corrected chi connectivity index (χ0v) is 18.2. The average Bonchev–Trinajstić information content (AvgIpc) is 3.27. The van der Waals surface area contributed by atoms with Crippen LogP contribution in [0.3, 0.4) is 0 Å². The van der Waals surface area contributed by atoms with Crippen molar-refractivity contribution in [1.29, 1.82) is 0 Å². The highest BCUT2D eigenvalue weighted by Gasteiger charge is 2.16. The standard InChI is InChI=1S/C26H29NO4/c1-3-29-23-10-7-21(8-11-23)17-27(18-22-5-4-6-24(15-22)28-2)14-13-20-9-12-25-26(16-20)31-19-30-25/h4-12,15-16H,3,13-14,17-19H2,1-2H3/p+1. The van der Waals surface area contributed by atoms with E-state index in [0.29, 0.717) is 13.4 Å². The van der Waals surface area contributed by atoms with E-state index >= 15 is 0 Å². The molecule has 0 fully saturated rings. The van der Waals surface area contributed by atoms with Crippen LogP contribution >= 0.6 is 0 Å². The average molecular weight is 421 g/mol. The summed E-state index contributed by atoms with van der Waals surface area (Å²) >= 11 is 0. The van der Waals surface area contributed by atoms with Crippen LogP contribution in [0.5, 0.6) is 23.0 Å². The first-order valence-electron chi connectivity index (χ1n) is 10.8. The van der Waals surface area contributed by atoms with Gasteiger partial charge in [0.1, 0.15) is 24.6 Å². The summed E-state index contributed by atoms with van der Waals surface area (Å²) < 4.78 is 22.0. The van der Waals surface area contributed by atoms with Crippen molar-refractivity contribution in [3.8, 4) is 23.0 Å². The van der Waals surface area contributed by atoms with Crippen LogP contribution in [0.15, 0.2) is 66.7 Å². The Morgan fingerprint density at radius 3 is 2.39 bits per heavy atom. The Hall–Kier alpha value is -3.18. The topological polar surface area (TPSA) is 41.4 Å². The Balaban J connectivity index is 1.47. The van der Waals surface area contributed by atoms with Crippen molar-refractivity contribution < 1.29 is 23.8 Å². The van der Waals surface area contributed by atoms with Gasteiger partial charge in [0.05, 0.1) is 20.3 Å². The molecule has 5 heteroatoms. The molecule has 1 unspecified atom stereocenters. The van der Waals surface area contributed by atoms with E-state index in [2.05, 4.69) is 54.6 Å². The highest BCUT2D eigenvalue weighted by atomic mass is 16.7. The fourth-order valence-corrected chi connectivity index (χ4v) is 3.89. The minimum atomic E-state index is 0.309. The highest BCUT2D eigenvalue weighted by Crippen LogP contribution is 2.32. The molecule has 0 bridgehead atoms. The molecular formula is C26H30NO4+. The monoisotopic (exact) mass is 420 g/mol. The second kappa shape index (κ2) is 10.2. The summed E-state index contributed by atoms with van der Waals surface area (Å²) in [7, 11) is 1.71. The molecule has 31 heavy (non-hydrogen) atoms. The third-order valence-corrected chi connectivity index (χ3v) is 5.48. The van der Waals surface area contributed by atoms with Gasteiger partial charge in [-0.1, -0.05) is 18.2 Å². The van der Waals surface area contributed by atoms with E-state index in [4.69, 9.17) is 18.9 Å². The number of methoxy groups -OCH3 is 1. The first-order valence-corrected chi connectivity index (χ1v) is 10.8. The lowest BCUT2D eigenvalue weighted by atomic mass is 10.1. The number of rotatable bonds is 10. The molecular weight excluding hydrogens is 390 g/mol. The van der Waals surface area contributed by atoms with Crippen LogP contribution in [0.4, 0.5) is 0 Å². The van der Waals surface area contributed by atoms with Gasteiger partial charge < -0.3 is 23.8 Å². The molecule has 0 radical (unpaired) electrons. The van der Waals surface area contributed by atoms with Gasteiger partial charge in [0.15, 0.2) is 11.5 Å². The van der Waals surface area contributed by atoms with E-state index < -0.39 is 0 Å². The number of quaternary nitrogens is 1. The van der Waals surface area contributed by atoms with Crippen molar-refractivity contribution in [3.05, 3.63) is 83.4 Å². The summed E-state index contributed by atoms with van der Waals surface area (Å²) in [5.41, 5.74) is 3.83. The molecule has 0 saturated carbocycles. The molecule has 1 aliphatic rings. The van der Waals surface area contributed by atoms with E-state index in [1.54, 1.807) is 7.11 Å². The smallest absolute Gasteiger partial charge is 0.231 e. The number of hydrogen-bond acceptors (Lipinski definition) is 4. The van der Waals surface area contributed by atoms with Gasteiger partial charge in [-0.05, 0) is 61.0 Å². The Morgan fingerprint density at radius 1 is 0.806 bits per heavy atom. The van der Waals surface area contributed by atoms with E-state index in [1.807, 2.05) is 19.1 Å². The van der Waals surface area contributed by atoms with Crippen LogP contribution in [0, 0.1) is 0 Å². The molecule has 0 spiro atoms. The summed E-state index contributed by atoms with van der Waals surface area (Å²) in [5.74, 6) is 3.49. The third kappa shape index (κ3) is 5.70. The molecule has 1 N–H and O–H groups in total. The van der Waals surface area contributed by atoms with Crippen LogP contribution in [-0.4, -0.2) is 27.1 Å². The SMILES string of the molecule is CCOc1ccc(C[NH+](CCc2ccc3c(c2)OCO3)Cc2cccc(OC)c2)cc1. The maximum Gasteiger partial charge on any atom is 0.231 e. The molecule has 5 nitrogen and oxygen atoms in total. The molecule has 0 aromatic heterocycles. The van der Waals surface area contributed by atoms with Crippen LogP contribution in [0.1, 0.15) is 23.6 Å². The van der Waals surface area contributed by atoms with E-state index in [-0.39, 0.29) is 0 Å². The molecule has 0 saturated heterocycles. The van der Waals surface area contributed by atoms with E-state index in [9.17, 15) is 0 Å². The molecule has 1 aliphatic heterocycles. The fraction of sp³-hybridized carbons (Fsp3) is 0.308. The molecule has 162 valence electrons. The molecule has 1 atom stereocenters. The van der Waals surface area contributed by atoms with E-state index in [0.717, 1.165) is 49.1 Å². The van der Waals surface area contributed by atoms with E-state index in [1.165, 1.54) is 21.6 Å². The van der Waals surface area contributed by atoms with Gasteiger partial charge in [-0.3, -0.25) is 0 Å².